The van der Waals surface area contributed by atoms with Crippen LogP contribution < -0.4 is 4.90 Å². The molecule has 90 valence electrons. The van der Waals surface area contributed by atoms with E-state index in [1.54, 1.807) is 0 Å². The molecule has 1 heterocycles. The molecule has 1 aliphatic carbocycles. The van der Waals surface area contributed by atoms with Crippen LogP contribution in [0.4, 0.5) is 10.1 Å². The van der Waals surface area contributed by atoms with Crippen molar-refractivity contribution in [1.82, 2.24) is 0 Å². The van der Waals surface area contributed by atoms with E-state index in [-0.39, 0.29) is 11.4 Å². The molecule has 17 heavy (non-hydrogen) atoms. The molecule has 2 aliphatic rings. The van der Waals surface area contributed by atoms with Gasteiger partial charge in [0.05, 0.1) is 11.3 Å². The second-order valence-electron chi connectivity index (χ2n) is 5.18. The van der Waals surface area contributed by atoms with Crippen molar-refractivity contribution in [2.45, 2.75) is 19.3 Å². The quantitative estimate of drug-likeness (QED) is 0.856. The van der Waals surface area contributed by atoms with Gasteiger partial charge in [-0.1, -0.05) is 6.42 Å². The normalized spacial score (nSPS) is 20.9. The molecule has 2 fully saturated rings. The lowest BCUT2D eigenvalue weighted by Gasteiger charge is -2.57. The Hall–Kier alpha value is -1.58. The first-order chi connectivity index (χ1) is 8.10. The highest BCUT2D eigenvalue weighted by atomic mass is 19.1. The summed E-state index contributed by atoms with van der Waals surface area (Å²) in [4.78, 5) is 13.1. The largest absolute Gasteiger partial charge is 0.478 e. The number of hydrogen-bond acceptors (Lipinski definition) is 2. The molecule has 0 atom stereocenters. The average Bonchev–Trinajstić information content (AvgIpc) is 2.12. The highest BCUT2D eigenvalue weighted by molar-refractivity contribution is 5.94. The molecule has 1 aliphatic heterocycles. The number of carboxylic acids is 1. The highest BCUT2D eigenvalue weighted by Gasteiger charge is 2.47. The Morgan fingerprint density at radius 3 is 2.59 bits per heavy atom. The zero-order chi connectivity index (χ0) is 12.0. The minimum absolute atomic E-state index is 0.195. The van der Waals surface area contributed by atoms with E-state index in [0.717, 1.165) is 13.1 Å². The van der Waals surface area contributed by atoms with Gasteiger partial charge in [0.1, 0.15) is 5.82 Å². The van der Waals surface area contributed by atoms with Gasteiger partial charge >= 0.3 is 5.97 Å². The summed E-state index contributed by atoms with van der Waals surface area (Å²) in [5.41, 5.74) is 1.12. The van der Waals surface area contributed by atoms with Gasteiger partial charge in [-0.3, -0.25) is 0 Å². The first-order valence-electron chi connectivity index (χ1n) is 5.88. The highest BCUT2D eigenvalue weighted by Crippen LogP contribution is 2.49. The van der Waals surface area contributed by atoms with Gasteiger partial charge < -0.3 is 10.0 Å². The summed E-state index contributed by atoms with van der Waals surface area (Å²) in [7, 11) is 0. The Morgan fingerprint density at radius 2 is 2.06 bits per heavy atom. The fraction of sp³-hybridized carbons (Fsp3) is 0.462. The standard InChI is InChI=1S/C13H14FNO2/c14-9-2-3-10(12(16)17)11(6-9)15-7-13(8-15)4-1-5-13/h2-3,6H,1,4-5,7-8H2,(H,16,17). The van der Waals surface area contributed by atoms with Crippen LogP contribution in [0.2, 0.25) is 0 Å². The third-order valence-corrected chi connectivity index (χ3v) is 4.00. The third-order valence-electron chi connectivity index (χ3n) is 4.00. The zero-order valence-electron chi connectivity index (χ0n) is 9.45. The zero-order valence-corrected chi connectivity index (χ0v) is 9.45. The molecule has 0 amide bonds. The molecule has 1 aromatic carbocycles. The maximum absolute atomic E-state index is 13.2. The molecule has 3 nitrogen and oxygen atoms in total. The van der Waals surface area contributed by atoms with Gasteiger partial charge in [0.15, 0.2) is 0 Å². The Bertz CT molecular complexity index is 474. The van der Waals surface area contributed by atoms with Crippen LogP contribution in [0.5, 0.6) is 0 Å². The molecule has 1 saturated heterocycles. The van der Waals surface area contributed by atoms with Gasteiger partial charge in [0, 0.05) is 18.5 Å². The SMILES string of the molecule is O=C(O)c1ccc(F)cc1N1CC2(CCC2)C1. The molecule has 1 aromatic rings. The molecular formula is C13H14FNO2. The Balaban J connectivity index is 1.87. The molecule has 3 rings (SSSR count). The van der Waals surface area contributed by atoms with Crippen molar-refractivity contribution in [3.05, 3.63) is 29.6 Å². The van der Waals surface area contributed by atoms with Crippen molar-refractivity contribution in [2.24, 2.45) is 5.41 Å². The van der Waals surface area contributed by atoms with Gasteiger partial charge in [-0.2, -0.15) is 0 Å². The molecule has 0 radical (unpaired) electrons. The van der Waals surface area contributed by atoms with E-state index in [1.165, 1.54) is 37.5 Å². The smallest absolute Gasteiger partial charge is 0.337 e. The van der Waals surface area contributed by atoms with Crippen LogP contribution in [-0.2, 0) is 0 Å². The topological polar surface area (TPSA) is 40.5 Å². The van der Waals surface area contributed by atoms with Crippen molar-refractivity contribution in [1.29, 1.82) is 0 Å². The molecule has 1 saturated carbocycles. The Kier molecular flexibility index (Phi) is 2.15. The first kappa shape index (κ1) is 10.6. The van der Waals surface area contributed by atoms with Crippen molar-refractivity contribution < 1.29 is 14.3 Å². The summed E-state index contributed by atoms with van der Waals surface area (Å²) in [6, 6.07) is 3.87. The molecule has 4 heteroatoms. The van der Waals surface area contributed by atoms with Crippen LogP contribution in [0.25, 0.3) is 0 Å². The minimum atomic E-state index is -0.991. The summed E-state index contributed by atoms with van der Waals surface area (Å²) < 4.78 is 13.2. The van der Waals surface area contributed by atoms with E-state index in [2.05, 4.69) is 0 Å². The third kappa shape index (κ3) is 1.59. The summed E-state index contributed by atoms with van der Waals surface area (Å²) in [6.07, 6.45) is 3.71. The summed E-state index contributed by atoms with van der Waals surface area (Å²) >= 11 is 0. The van der Waals surface area contributed by atoms with E-state index in [1.807, 2.05) is 4.90 Å². The van der Waals surface area contributed by atoms with Gasteiger partial charge in [0.25, 0.3) is 0 Å². The number of aromatic carboxylic acids is 1. The van der Waals surface area contributed by atoms with E-state index < -0.39 is 5.97 Å². The lowest BCUT2D eigenvalue weighted by molar-refractivity contribution is 0.0690. The van der Waals surface area contributed by atoms with Crippen LogP contribution in [-0.4, -0.2) is 24.2 Å². The van der Waals surface area contributed by atoms with Crippen molar-refractivity contribution in [3.63, 3.8) is 0 Å². The Labute approximate surface area is 98.9 Å². The van der Waals surface area contributed by atoms with Crippen LogP contribution in [0.15, 0.2) is 18.2 Å². The van der Waals surface area contributed by atoms with Crippen LogP contribution in [0.3, 0.4) is 0 Å². The fourth-order valence-electron chi connectivity index (χ4n) is 2.87. The second kappa shape index (κ2) is 3.45. The number of anilines is 1. The van der Waals surface area contributed by atoms with Gasteiger partial charge in [-0.25, -0.2) is 9.18 Å². The lowest BCUT2D eigenvalue weighted by Crippen LogP contribution is -2.60. The number of rotatable bonds is 2. The van der Waals surface area contributed by atoms with Gasteiger partial charge in [-0.15, -0.1) is 0 Å². The second-order valence-corrected chi connectivity index (χ2v) is 5.18. The summed E-state index contributed by atoms with van der Waals surface area (Å²) in [5.74, 6) is -1.37. The number of hydrogen-bond donors (Lipinski definition) is 1. The van der Waals surface area contributed by atoms with E-state index in [0.29, 0.717) is 11.1 Å². The number of carboxylic acid groups (broad SMARTS) is 1. The van der Waals surface area contributed by atoms with E-state index >= 15 is 0 Å². The molecule has 1 N–H and O–H groups in total. The van der Waals surface area contributed by atoms with Crippen molar-refractivity contribution >= 4 is 11.7 Å². The predicted octanol–water partition coefficient (Wildman–Crippen LogP) is 2.51. The molecule has 1 spiro atoms. The van der Waals surface area contributed by atoms with Crippen LogP contribution >= 0.6 is 0 Å². The summed E-state index contributed by atoms with van der Waals surface area (Å²) in [6.45, 7) is 1.74. The molecule has 0 unspecified atom stereocenters. The van der Waals surface area contributed by atoms with Crippen molar-refractivity contribution in [2.75, 3.05) is 18.0 Å². The van der Waals surface area contributed by atoms with E-state index in [9.17, 15) is 9.18 Å². The number of nitrogens with zero attached hydrogens (tertiary/aromatic N) is 1. The van der Waals surface area contributed by atoms with E-state index in [4.69, 9.17) is 5.11 Å². The first-order valence-corrected chi connectivity index (χ1v) is 5.88. The monoisotopic (exact) mass is 235 g/mol. The average molecular weight is 235 g/mol. The van der Waals surface area contributed by atoms with Crippen LogP contribution in [0, 0.1) is 11.2 Å². The lowest BCUT2D eigenvalue weighted by atomic mass is 9.63. The van der Waals surface area contributed by atoms with Crippen LogP contribution in [0.1, 0.15) is 29.6 Å². The number of halogens is 1. The fourth-order valence-corrected chi connectivity index (χ4v) is 2.87. The molecule has 0 bridgehead atoms. The number of benzene rings is 1. The maximum Gasteiger partial charge on any atom is 0.337 e. The number of carbonyl (C=O) groups is 1. The Morgan fingerprint density at radius 1 is 1.35 bits per heavy atom. The molecular weight excluding hydrogens is 221 g/mol. The van der Waals surface area contributed by atoms with Gasteiger partial charge in [0.2, 0.25) is 0 Å². The molecule has 0 aromatic heterocycles. The predicted molar refractivity (Wildman–Crippen MR) is 61.9 cm³/mol. The van der Waals surface area contributed by atoms with Gasteiger partial charge in [-0.05, 0) is 31.0 Å². The summed E-state index contributed by atoms with van der Waals surface area (Å²) in [5, 5.41) is 9.08. The minimum Gasteiger partial charge on any atom is -0.478 e. The maximum atomic E-state index is 13.2. The van der Waals surface area contributed by atoms with Crippen molar-refractivity contribution in [3.8, 4) is 0 Å².